The second-order valence-electron chi connectivity index (χ2n) is 12.9. The van der Waals surface area contributed by atoms with Crippen LogP contribution in [0.3, 0.4) is 0 Å². The predicted octanol–water partition coefficient (Wildman–Crippen LogP) is 9.90. The fourth-order valence-corrected chi connectivity index (χ4v) is 8.04. The molecular weight excluding hydrogens is 965 g/mol. The Morgan fingerprint density at radius 3 is 1.08 bits per heavy atom. The molecule has 0 heterocycles. The molecule has 0 aliphatic rings. The maximum Gasteiger partial charge on any atom is 0.215 e. The standard InChI is InChI=1S/C24BF20.C15H14N3O2S/c26-5-1(6(27)14(35)21(42)13(5)34)25(2-7(28)15(36)22(43)16(37)8(2)29,3-9(30)17(38)23(44)18(39)10(3)31)4-11(32)19(40)24(45)20(41)12(4)33;1-20-21(11-15(19)12-6-3-2-4-7-12)14-9-5-8-13(10-14)17-18-16/h;2-10H,11H2,1H3/q-1;+1. The third-order valence-corrected chi connectivity index (χ3v) is 11.2. The molecule has 66 heavy (non-hydrogen) atoms. The zero-order chi connectivity index (χ0) is 49.4. The zero-order valence-corrected chi connectivity index (χ0v) is 32.4. The average molecular weight is 979 g/mol. The zero-order valence-electron chi connectivity index (χ0n) is 31.6. The molecule has 346 valence electrons. The van der Waals surface area contributed by atoms with E-state index in [0.717, 1.165) is 4.90 Å². The van der Waals surface area contributed by atoms with Crippen LogP contribution >= 0.6 is 0 Å². The van der Waals surface area contributed by atoms with E-state index in [0.29, 0.717) is 11.3 Å². The van der Waals surface area contributed by atoms with Gasteiger partial charge < -0.3 is 0 Å². The quantitative estimate of drug-likeness (QED) is 0.0158. The SMILES string of the molecule is CO[S+](CC(=O)c1ccccc1)c1cccc(N=[N+]=[N-])c1.Fc1c(F)c(F)c([B-](c2c(F)c(F)c(F)c(F)c2F)(c2c(F)c(F)c(F)c(F)c2F)c2c(F)c(F)c(F)c(F)c2F)c(F)c1F. The Bertz CT molecular complexity index is 2610. The first-order valence-electron chi connectivity index (χ1n) is 17.2. The van der Waals surface area contributed by atoms with Crippen LogP contribution in [0.1, 0.15) is 10.4 Å². The fraction of sp³-hybridized carbons (Fsp3) is 0.0513. The molecule has 0 N–H and O–H groups in total. The lowest BCUT2D eigenvalue weighted by atomic mass is 9.12. The fourth-order valence-electron chi connectivity index (χ4n) is 6.68. The van der Waals surface area contributed by atoms with Gasteiger partial charge in [0.2, 0.25) is 11.5 Å². The molecule has 0 amide bonds. The number of hydrogen-bond donors (Lipinski definition) is 0. The van der Waals surface area contributed by atoms with Gasteiger partial charge in [-0.25, -0.2) is 87.8 Å². The number of hydrogen-bond acceptors (Lipinski definition) is 3. The lowest BCUT2D eigenvalue weighted by Gasteiger charge is -2.44. The average Bonchev–Trinajstić information content (AvgIpc) is 3.31. The molecule has 0 aliphatic heterocycles. The maximum absolute atomic E-state index is 15.4. The Labute approximate surface area is 356 Å². The number of carbonyl (C=O) groups is 1. The highest BCUT2D eigenvalue weighted by molar-refractivity contribution is 7.93. The first-order chi connectivity index (χ1) is 30.9. The van der Waals surface area contributed by atoms with Crippen LogP contribution in [0.15, 0.2) is 64.6 Å². The number of ketones is 1. The van der Waals surface area contributed by atoms with Crippen LogP contribution in [-0.2, 0) is 15.4 Å². The van der Waals surface area contributed by atoms with Gasteiger partial charge in [-0.1, -0.05) is 47.6 Å². The number of Topliss-reactive ketones (excluding diaryl/α,β-unsaturated/α-hetero) is 1. The highest BCUT2D eigenvalue weighted by Gasteiger charge is 2.52. The number of nitrogens with zero attached hydrogens (tertiary/aromatic N) is 3. The summed E-state index contributed by atoms with van der Waals surface area (Å²) >= 11 is -0.672. The minimum Gasteiger partial charge on any atom is -0.289 e. The van der Waals surface area contributed by atoms with Gasteiger partial charge in [0, 0.05) is 22.2 Å². The molecule has 0 bridgehead atoms. The first kappa shape index (κ1) is 50.3. The van der Waals surface area contributed by atoms with Crippen molar-refractivity contribution in [1.29, 1.82) is 0 Å². The molecule has 0 radical (unpaired) electrons. The van der Waals surface area contributed by atoms with Gasteiger partial charge in [-0.3, -0.25) is 4.79 Å². The molecule has 0 saturated heterocycles. The number of halogens is 20. The van der Waals surface area contributed by atoms with Gasteiger partial charge in [-0.15, -0.1) is 21.9 Å². The largest absolute Gasteiger partial charge is 0.289 e. The van der Waals surface area contributed by atoms with E-state index >= 15 is 35.1 Å². The summed E-state index contributed by atoms with van der Waals surface area (Å²) < 4.78 is 299. The van der Waals surface area contributed by atoms with Crippen LogP contribution in [0.5, 0.6) is 0 Å². The van der Waals surface area contributed by atoms with Crippen molar-refractivity contribution in [2.75, 3.05) is 12.9 Å². The van der Waals surface area contributed by atoms with Crippen molar-refractivity contribution >= 4 is 50.6 Å². The topological polar surface area (TPSA) is 75.1 Å². The third kappa shape index (κ3) is 8.25. The molecule has 0 saturated carbocycles. The second kappa shape index (κ2) is 19.4. The number of rotatable bonds is 10. The van der Waals surface area contributed by atoms with E-state index in [4.69, 9.17) is 9.71 Å². The smallest absolute Gasteiger partial charge is 0.215 e. The van der Waals surface area contributed by atoms with E-state index in [9.17, 15) is 57.5 Å². The highest BCUT2D eigenvalue weighted by atomic mass is 32.2. The van der Waals surface area contributed by atoms with E-state index in [1.807, 2.05) is 24.3 Å². The van der Waals surface area contributed by atoms with Crippen LogP contribution < -0.4 is 21.9 Å². The molecule has 6 aromatic carbocycles. The van der Waals surface area contributed by atoms with Crippen LogP contribution in [0.2, 0.25) is 0 Å². The molecule has 27 heteroatoms. The van der Waals surface area contributed by atoms with Crippen molar-refractivity contribution in [1.82, 2.24) is 0 Å². The van der Waals surface area contributed by atoms with E-state index in [1.54, 1.807) is 37.4 Å². The molecule has 6 aromatic rings. The van der Waals surface area contributed by atoms with Crippen LogP contribution in [-0.4, -0.2) is 24.8 Å². The molecule has 1 unspecified atom stereocenters. The van der Waals surface area contributed by atoms with Crippen molar-refractivity contribution in [2.45, 2.75) is 4.90 Å². The van der Waals surface area contributed by atoms with Crippen LogP contribution in [0, 0.1) is 116 Å². The lowest BCUT2D eigenvalue weighted by Crippen LogP contribution is -2.81. The van der Waals surface area contributed by atoms with Crippen molar-refractivity contribution in [2.24, 2.45) is 5.11 Å². The van der Waals surface area contributed by atoms with E-state index in [2.05, 4.69) is 10.0 Å². The van der Waals surface area contributed by atoms with E-state index in [-0.39, 0.29) is 11.5 Å². The Morgan fingerprint density at radius 1 is 0.485 bits per heavy atom. The molecule has 0 aliphatic carbocycles. The number of benzene rings is 6. The molecule has 0 spiro atoms. The lowest BCUT2D eigenvalue weighted by molar-refractivity contribution is 0.102. The van der Waals surface area contributed by atoms with Gasteiger partial charge in [0.05, 0.1) is 7.11 Å². The van der Waals surface area contributed by atoms with Gasteiger partial charge in [0.25, 0.3) is 0 Å². The minimum absolute atomic E-state index is 0.0231. The van der Waals surface area contributed by atoms with Gasteiger partial charge in [-0.05, 0) is 11.6 Å². The Morgan fingerprint density at radius 2 is 0.788 bits per heavy atom. The summed E-state index contributed by atoms with van der Waals surface area (Å²) in [5, 5.41) is 3.57. The number of carbonyl (C=O) groups excluding carboxylic acids is 1. The second-order valence-corrected chi connectivity index (χ2v) is 14.7. The van der Waals surface area contributed by atoms with Crippen molar-refractivity contribution in [3.8, 4) is 0 Å². The summed E-state index contributed by atoms with van der Waals surface area (Å²) in [5.41, 5.74) is -4.68. The molecule has 0 aromatic heterocycles. The van der Waals surface area contributed by atoms with Gasteiger partial charge >= 0.3 is 0 Å². The maximum atomic E-state index is 15.4. The van der Waals surface area contributed by atoms with Crippen LogP contribution in [0.4, 0.5) is 93.5 Å². The van der Waals surface area contributed by atoms with Crippen LogP contribution in [0.25, 0.3) is 10.4 Å². The van der Waals surface area contributed by atoms with E-state index < -0.39 is 156 Å². The van der Waals surface area contributed by atoms with Gasteiger partial charge in [0.1, 0.15) is 52.7 Å². The van der Waals surface area contributed by atoms with Gasteiger partial charge in [-0.2, -0.15) is 4.18 Å². The monoisotopic (exact) mass is 979 g/mol. The van der Waals surface area contributed by atoms with Crippen molar-refractivity contribution in [3.05, 3.63) is 187 Å². The molecule has 1 atom stereocenters. The predicted molar refractivity (Wildman–Crippen MR) is 193 cm³/mol. The van der Waals surface area contributed by atoms with Crippen molar-refractivity contribution < 1.29 is 96.8 Å². The number of azide groups is 1. The molecule has 0 fully saturated rings. The summed E-state index contributed by atoms with van der Waals surface area (Å²) in [4.78, 5) is 15.8. The molecular formula is C39H14BF20N3O2S. The highest BCUT2D eigenvalue weighted by Crippen LogP contribution is 2.31. The normalized spacial score (nSPS) is 11.8. The van der Waals surface area contributed by atoms with Gasteiger partial charge in [0.15, 0.2) is 85.9 Å². The molecule has 6 rings (SSSR count). The van der Waals surface area contributed by atoms with E-state index in [1.165, 1.54) is 0 Å². The summed E-state index contributed by atoms with van der Waals surface area (Å²) in [7, 11) is 1.57. The summed E-state index contributed by atoms with van der Waals surface area (Å²) in [6.07, 6.45) is -7.22. The Hall–Kier alpha value is -6.73. The Kier molecular flexibility index (Phi) is 14.8. The van der Waals surface area contributed by atoms with Crippen molar-refractivity contribution in [3.63, 3.8) is 0 Å². The minimum atomic E-state index is -7.22. The Balaban J connectivity index is 0.000000324. The first-order valence-corrected chi connectivity index (χ1v) is 18.5. The molecule has 5 nitrogen and oxygen atoms in total. The third-order valence-electron chi connectivity index (χ3n) is 9.51. The summed E-state index contributed by atoms with van der Waals surface area (Å²) in [6, 6.07) is 16.2. The summed E-state index contributed by atoms with van der Waals surface area (Å²) in [5.74, 6) is -71.1. The summed E-state index contributed by atoms with van der Waals surface area (Å²) in [6.45, 7) is 0.